The van der Waals surface area contributed by atoms with Gasteiger partial charge in [0.25, 0.3) is 5.91 Å². The lowest BCUT2D eigenvalue weighted by molar-refractivity contribution is 0.0723. The molecule has 0 bridgehead atoms. The zero-order valence-electron chi connectivity index (χ0n) is 11.9. The summed E-state index contributed by atoms with van der Waals surface area (Å²) >= 11 is 1.48. The van der Waals surface area contributed by atoms with Crippen LogP contribution in [-0.4, -0.2) is 35.2 Å². The minimum Gasteiger partial charge on any atom is -0.422 e. The number of carbonyl (C=O) groups is 1. The van der Waals surface area contributed by atoms with Crippen LogP contribution in [0.5, 0.6) is 0 Å². The zero-order valence-corrected chi connectivity index (χ0v) is 12.7. The van der Waals surface area contributed by atoms with Crippen LogP contribution >= 0.6 is 11.8 Å². The Morgan fingerprint density at radius 2 is 2.14 bits per heavy atom. The maximum Gasteiger partial charge on any atom is 0.349 e. The van der Waals surface area contributed by atoms with Gasteiger partial charge in [-0.2, -0.15) is 11.8 Å². The van der Waals surface area contributed by atoms with Crippen molar-refractivity contribution in [1.82, 2.24) is 5.32 Å². The monoisotopic (exact) mass is 307 g/mol. The lowest BCUT2D eigenvalue weighted by atomic mass is 10.1. The molecule has 0 aliphatic carbocycles. The van der Waals surface area contributed by atoms with Crippen molar-refractivity contribution in [3.63, 3.8) is 0 Å². The molecule has 0 aliphatic heterocycles. The van der Waals surface area contributed by atoms with Gasteiger partial charge in [-0.15, -0.1) is 0 Å². The van der Waals surface area contributed by atoms with Crippen molar-refractivity contribution < 1.29 is 14.3 Å². The van der Waals surface area contributed by atoms with Crippen LogP contribution in [0.4, 0.5) is 0 Å². The van der Waals surface area contributed by atoms with E-state index < -0.39 is 17.1 Å². The predicted octanol–water partition coefficient (Wildman–Crippen LogP) is 1.64. The Morgan fingerprint density at radius 3 is 2.86 bits per heavy atom. The molecule has 1 unspecified atom stereocenters. The highest BCUT2D eigenvalue weighted by Crippen LogP contribution is 2.13. The summed E-state index contributed by atoms with van der Waals surface area (Å²) in [5.74, 6) is -0.0598. The fourth-order valence-corrected chi connectivity index (χ4v) is 2.67. The summed E-state index contributed by atoms with van der Waals surface area (Å²) in [5, 5.41) is 13.3. The van der Waals surface area contributed by atoms with E-state index in [1.54, 1.807) is 31.2 Å². The van der Waals surface area contributed by atoms with Crippen molar-refractivity contribution in [1.29, 1.82) is 0 Å². The Hall–Kier alpha value is -1.79. The Kier molecular flexibility index (Phi) is 4.69. The third-order valence-electron chi connectivity index (χ3n) is 2.97. The third kappa shape index (κ3) is 3.86. The van der Waals surface area contributed by atoms with E-state index >= 15 is 0 Å². The number of carbonyl (C=O) groups excluding carboxylic acids is 1. The zero-order chi connectivity index (χ0) is 15.5. The predicted molar refractivity (Wildman–Crippen MR) is 83.8 cm³/mol. The largest absolute Gasteiger partial charge is 0.422 e. The van der Waals surface area contributed by atoms with Gasteiger partial charge in [0.15, 0.2) is 0 Å². The van der Waals surface area contributed by atoms with E-state index in [2.05, 4.69) is 5.32 Å². The second-order valence-corrected chi connectivity index (χ2v) is 5.96. The molecular weight excluding hydrogens is 290 g/mol. The van der Waals surface area contributed by atoms with E-state index in [0.717, 1.165) is 0 Å². The van der Waals surface area contributed by atoms with E-state index in [1.807, 2.05) is 6.26 Å². The van der Waals surface area contributed by atoms with Crippen molar-refractivity contribution >= 4 is 28.6 Å². The minimum atomic E-state index is -1.02. The molecule has 1 amide bonds. The van der Waals surface area contributed by atoms with Crippen LogP contribution in [0.2, 0.25) is 0 Å². The van der Waals surface area contributed by atoms with Gasteiger partial charge in [-0.1, -0.05) is 18.2 Å². The molecule has 1 aromatic heterocycles. The minimum absolute atomic E-state index is 0.0614. The van der Waals surface area contributed by atoms with Crippen LogP contribution in [-0.2, 0) is 0 Å². The summed E-state index contributed by atoms with van der Waals surface area (Å²) in [5.41, 5.74) is -1.33. The van der Waals surface area contributed by atoms with Gasteiger partial charge in [0.05, 0.1) is 5.60 Å². The summed E-state index contributed by atoms with van der Waals surface area (Å²) in [6.07, 6.45) is 1.87. The molecule has 0 saturated heterocycles. The number of hydrogen-bond donors (Lipinski definition) is 2. The molecule has 6 heteroatoms. The quantitative estimate of drug-likeness (QED) is 0.821. The average Bonchev–Trinajstić information content (AvgIpc) is 2.44. The summed E-state index contributed by atoms with van der Waals surface area (Å²) in [6, 6.07) is 8.48. The third-order valence-corrected chi connectivity index (χ3v) is 3.88. The molecule has 21 heavy (non-hydrogen) atoms. The standard InChI is InChI=1S/C15H17NO4S/c1-15(19,9-21-2)8-16-13(17)11-7-10-5-3-4-6-12(10)20-14(11)18/h3-7,19H,8-9H2,1-2H3,(H,16,17). The topological polar surface area (TPSA) is 79.5 Å². The van der Waals surface area contributed by atoms with E-state index in [0.29, 0.717) is 16.7 Å². The maximum absolute atomic E-state index is 12.1. The molecule has 112 valence electrons. The van der Waals surface area contributed by atoms with Crippen LogP contribution in [0.25, 0.3) is 11.0 Å². The first kappa shape index (κ1) is 15.6. The van der Waals surface area contributed by atoms with Crippen molar-refractivity contribution in [2.24, 2.45) is 0 Å². The Labute approximate surface area is 126 Å². The number of thioether (sulfide) groups is 1. The number of nitrogens with one attached hydrogen (secondary N) is 1. The number of fused-ring (bicyclic) bond motifs is 1. The average molecular weight is 307 g/mol. The Bertz CT molecular complexity index is 708. The molecule has 1 heterocycles. The van der Waals surface area contributed by atoms with Crippen molar-refractivity contribution in [2.75, 3.05) is 18.6 Å². The van der Waals surface area contributed by atoms with E-state index in [-0.39, 0.29) is 12.1 Å². The number of para-hydroxylation sites is 1. The van der Waals surface area contributed by atoms with Crippen molar-refractivity contribution in [3.8, 4) is 0 Å². The highest BCUT2D eigenvalue weighted by Gasteiger charge is 2.22. The molecule has 5 nitrogen and oxygen atoms in total. The number of rotatable bonds is 5. The van der Waals surface area contributed by atoms with Crippen LogP contribution in [0.15, 0.2) is 39.5 Å². The van der Waals surface area contributed by atoms with Crippen LogP contribution in [0, 0.1) is 0 Å². The van der Waals surface area contributed by atoms with Gasteiger partial charge in [-0.25, -0.2) is 4.79 Å². The van der Waals surface area contributed by atoms with Gasteiger partial charge in [0.1, 0.15) is 11.1 Å². The number of amides is 1. The van der Waals surface area contributed by atoms with Crippen LogP contribution in [0.3, 0.4) is 0 Å². The molecule has 2 rings (SSSR count). The van der Waals surface area contributed by atoms with E-state index in [1.165, 1.54) is 17.8 Å². The van der Waals surface area contributed by atoms with Crippen LogP contribution in [0.1, 0.15) is 17.3 Å². The van der Waals surface area contributed by atoms with Crippen molar-refractivity contribution in [2.45, 2.75) is 12.5 Å². The van der Waals surface area contributed by atoms with Gasteiger partial charge in [0, 0.05) is 17.7 Å². The first-order chi connectivity index (χ1) is 9.93. The van der Waals surface area contributed by atoms with Gasteiger partial charge in [0.2, 0.25) is 0 Å². The van der Waals surface area contributed by atoms with Gasteiger partial charge in [-0.3, -0.25) is 4.79 Å². The van der Waals surface area contributed by atoms with Gasteiger partial charge in [-0.05, 0) is 25.3 Å². The molecule has 1 atom stereocenters. The normalized spacial score (nSPS) is 13.9. The summed E-state index contributed by atoms with van der Waals surface area (Å²) in [4.78, 5) is 23.9. The molecule has 0 radical (unpaired) electrons. The molecule has 2 N–H and O–H groups in total. The first-order valence-electron chi connectivity index (χ1n) is 6.45. The number of benzene rings is 1. The lowest BCUT2D eigenvalue weighted by Gasteiger charge is -2.22. The molecule has 0 aliphatic rings. The van der Waals surface area contributed by atoms with Gasteiger partial charge >= 0.3 is 5.63 Å². The van der Waals surface area contributed by atoms with Gasteiger partial charge < -0.3 is 14.8 Å². The van der Waals surface area contributed by atoms with Crippen molar-refractivity contribution in [3.05, 3.63) is 46.3 Å². The lowest BCUT2D eigenvalue weighted by Crippen LogP contribution is -2.43. The molecular formula is C15H17NO4S. The number of aliphatic hydroxyl groups is 1. The molecule has 0 spiro atoms. The molecule has 0 saturated carbocycles. The second kappa shape index (κ2) is 6.32. The Balaban J connectivity index is 2.20. The first-order valence-corrected chi connectivity index (χ1v) is 7.85. The highest BCUT2D eigenvalue weighted by molar-refractivity contribution is 7.98. The SMILES string of the molecule is CSCC(C)(O)CNC(=O)c1cc2ccccc2oc1=O. The summed E-state index contributed by atoms with van der Waals surface area (Å²) in [7, 11) is 0. The van der Waals surface area contributed by atoms with E-state index in [9.17, 15) is 14.7 Å². The summed E-state index contributed by atoms with van der Waals surface area (Å²) < 4.78 is 5.11. The van der Waals surface area contributed by atoms with E-state index in [4.69, 9.17) is 4.42 Å². The second-order valence-electron chi connectivity index (χ2n) is 5.10. The highest BCUT2D eigenvalue weighted by atomic mass is 32.2. The Morgan fingerprint density at radius 1 is 1.43 bits per heavy atom. The molecule has 0 fully saturated rings. The van der Waals surface area contributed by atoms with Crippen LogP contribution < -0.4 is 10.9 Å². The molecule has 1 aromatic carbocycles. The molecule has 2 aromatic rings. The smallest absolute Gasteiger partial charge is 0.349 e. The fraction of sp³-hybridized carbons (Fsp3) is 0.333. The fourth-order valence-electron chi connectivity index (χ4n) is 1.95. The maximum atomic E-state index is 12.1. The summed E-state index contributed by atoms with van der Waals surface area (Å²) in [6.45, 7) is 1.70. The number of hydrogen-bond acceptors (Lipinski definition) is 5.